The molecule has 1 aromatic carbocycles. The quantitative estimate of drug-likeness (QED) is 0.788. The third-order valence-electron chi connectivity index (χ3n) is 3.86. The average Bonchev–Trinajstić information content (AvgIpc) is 3.05. The summed E-state index contributed by atoms with van der Waals surface area (Å²) in [6, 6.07) is 11.3. The lowest BCUT2D eigenvalue weighted by atomic mass is 10.0. The first-order valence-electron chi connectivity index (χ1n) is 7.35. The summed E-state index contributed by atoms with van der Waals surface area (Å²) in [5, 5.41) is 9.16. The standard InChI is InChI=1S/C17H17NO4S/c19-15-9-16(23-11-12-4-2-1-3-5-12)18(15)14(8-17(20)21)13-6-7-22-10-13/h1-7,10,14,16H,8-9,11H2,(H,20,21). The first-order chi connectivity index (χ1) is 11.1. The number of carboxylic acids is 1. The largest absolute Gasteiger partial charge is 0.481 e. The van der Waals surface area contributed by atoms with Gasteiger partial charge in [0, 0.05) is 11.3 Å². The van der Waals surface area contributed by atoms with Gasteiger partial charge in [0.15, 0.2) is 0 Å². The SMILES string of the molecule is O=C(O)CC(c1ccoc1)N1C(=O)CC1SCc1ccccc1. The zero-order valence-electron chi connectivity index (χ0n) is 12.4. The van der Waals surface area contributed by atoms with Gasteiger partial charge < -0.3 is 14.4 Å². The average molecular weight is 331 g/mol. The Hall–Kier alpha value is -2.21. The monoisotopic (exact) mass is 331 g/mol. The van der Waals surface area contributed by atoms with Crippen LogP contribution in [0.5, 0.6) is 0 Å². The lowest BCUT2D eigenvalue weighted by Crippen LogP contribution is -2.52. The van der Waals surface area contributed by atoms with Crippen LogP contribution in [0.1, 0.15) is 30.0 Å². The van der Waals surface area contributed by atoms with Crippen LogP contribution in [-0.4, -0.2) is 27.3 Å². The Morgan fingerprint density at radius 1 is 1.35 bits per heavy atom. The molecule has 5 nitrogen and oxygen atoms in total. The molecule has 1 amide bonds. The maximum Gasteiger partial charge on any atom is 0.305 e. The zero-order valence-corrected chi connectivity index (χ0v) is 13.2. The van der Waals surface area contributed by atoms with Crippen molar-refractivity contribution in [1.29, 1.82) is 0 Å². The van der Waals surface area contributed by atoms with Crippen LogP contribution in [0, 0.1) is 0 Å². The predicted molar refractivity (Wildman–Crippen MR) is 86.7 cm³/mol. The highest BCUT2D eigenvalue weighted by molar-refractivity contribution is 7.99. The van der Waals surface area contributed by atoms with Gasteiger partial charge in [-0.3, -0.25) is 9.59 Å². The molecule has 0 spiro atoms. The van der Waals surface area contributed by atoms with Crippen LogP contribution in [-0.2, 0) is 15.3 Å². The molecule has 6 heteroatoms. The van der Waals surface area contributed by atoms with Crippen molar-refractivity contribution < 1.29 is 19.1 Å². The third-order valence-corrected chi connectivity index (χ3v) is 5.14. The molecule has 0 radical (unpaired) electrons. The Bertz CT molecular complexity index is 671. The Morgan fingerprint density at radius 3 is 2.74 bits per heavy atom. The molecule has 2 unspecified atom stereocenters. The van der Waals surface area contributed by atoms with E-state index in [-0.39, 0.29) is 17.7 Å². The fourth-order valence-corrected chi connectivity index (χ4v) is 3.95. The molecule has 1 N–H and O–H groups in total. The van der Waals surface area contributed by atoms with E-state index in [0.717, 1.165) is 11.3 Å². The zero-order chi connectivity index (χ0) is 16.2. The Kier molecular flexibility index (Phi) is 4.71. The third kappa shape index (κ3) is 3.59. The summed E-state index contributed by atoms with van der Waals surface area (Å²) in [5.74, 6) is -0.147. The van der Waals surface area contributed by atoms with Crippen LogP contribution in [0.25, 0.3) is 0 Å². The number of nitrogens with zero attached hydrogens (tertiary/aromatic N) is 1. The first kappa shape index (κ1) is 15.7. The van der Waals surface area contributed by atoms with Crippen molar-refractivity contribution in [2.75, 3.05) is 0 Å². The molecule has 1 saturated heterocycles. The number of hydrogen-bond donors (Lipinski definition) is 1. The van der Waals surface area contributed by atoms with Gasteiger partial charge in [-0.1, -0.05) is 30.3 Å². The lowest BCUT2D eigenvalue weighted by Gasteiger charge is -2.44. The van der Waals surface area contributed by atoms with E-state index in [0.29, 0.717) is 6.42 Å². The van der Waals surface area contributed by atoms with E-state index in [2.05, 4.69) is 0 Å². The Balaban J connectivity index is 1.70. The number of hydrogen-bond acceptors (Lipinski definition) is 4. The molecule has 0 aliphatic carbocycles. The van der Waals surface area contributed by atoms with Crippen LogP contribution in [0.4, 0.5) is 0 Å². The number of carbonyl (C=O) groups is 2. The molecule has 2 heterocycles. The second kappa shape index (κ2) is 6.91. The number of aliphatic carboxylic acids is 1. The molecular formula is C17H17NO4S. The normalized spacial score (nSPS) is 18.5. The van der Waals surface area contributed by atoms with Gasteiger partial charge in [-0.05, 0) is 11.6 Å². The highest BCUT2D eigenvalue weighted by Gasteiger charge is 2.42. The number of β-lactam (4-membered cyclic amide) rings is 1. The minimum atomic E-state index is -0.928. The van der Waals surface area contributed by atoms with Gasteiger partial charge in [0.05, 0.1) is 36.8 Å². The van der Waals surface area contributed by atoms with Crippen molar-refractivity contribution >= 4 is 23.6 Å². The van der Waals surface area contributed by atoms with Gasteiger partial charge in [0.1, 0.15) is 0 Å². The molecule has 120 valence electrons. The van der Waals surface area contributed by atoms with Gasteiger partial charge in [0.2, 0.25) is 5.91 Å². The van der Waals surface area contributed by atoms with Gasteiger partial charge in [-0.15, -0.1) is 11.8 Å². The Labute approximate surface area is 138 Å². The van der Waals surface area contributed by atoms with Crippen molar-refractivity contribution in [1.82, 2.24) is 4.90 Å². The molecule has 2 aromatic rings. The number of likely N-dealkylation sites (tertiary alicyclic amines) is 1. The van der Waals surface area contributed by atoms with E-state index in [4.69, 9.17) is 9.52 Å². The van der Waals surface area contributed by atoms with Gasteiger partial charge in [-0.2, -0.15) is 0 Å². The maximum absolute atomic E-state index is 12.1. The van der Waals surface area contributed by atoms with Crippen LogP contribution < -0.4 is 0 Å². The van der Waals surface area contributed by atoms with E-state index in [9.17, 15) is 9.59 Å². The number of benzene rings is 1. The smallest absolute Gasteiger partial charge is 0.305 e. The molecule has 3 rings (SSSR count). The molecule has 1 fully saturated rings. The van der Waals surface area contributed by atoms with Gasteiger partial charge >= 0.3 is 5.97 Å². The first-order valence-corrected chi connectivity index (χ1v) is 8.40. The van der Waals surface area contributed by atoms with Crippen LogP contribution in [0.3, 0.4) is 0 Å². The fourth-order valence-electron chi connectivity index (χ4n) is 2.69. The summed E-state index contributed by atoms with van der Waals surface area (Å²) >= 11 is 1.66. The molecule has 23 heavy (non-hydrogen) atoms. The van der Waals surface area contributed by atoms with E-state index in [1.54, 1.807) is 22.7 Å². The number of furan rings is 1. The van der Waals surface area contributed by atoms with Gasteiger partial charge in [-0.25, -0.2) is 0 Å². The summed E-state index contributed by atoms with van der Waals surface area (Å²) in [6.07, 6.45) is 3.35. The maximum atomic E-state index is 12.1. The van der Waals surface area contributed by atoms with Crippen molar-refractivity contribution in [3.8, 4) is 0 Å². The molecule has 1 aromatic heterocycles. The molecule has 0 bridgehead atoms. The van der Waals surface area contributed by atoms with E-state index in [1.165, 1.54) is 18.1 Å². The van der Waals surface area contributed by atoms with Crippen molar-refractivity contribution in [2.45, 2.75) is 30.0 Å². The predicted octanol–water partition coefficient (Wildman–Crippen LogP) is 3.29. The van der Waals surface area contributed by atoms with Crippen molar-refractivity contribution in [3.05, 3.63) is 60.1 Å². The minimum absolute atomic E-state index is 0.00181. The molecule has 1 aliphatic rings. The molecule has 1 aliphatic heterocycles. The minimum Gasteiger partial charge on any atom is -0.481 e. The topological polar surface area (TPSA) is 70.8 Å². The van der Waals surface area contributed by atoms with E-state index < -0.39 is 12.0 Å². The second-order valence-corrected chi connectivity index (χ2v) is 6.59. The van der Waals surface area contributed by atoms with Crippen molar-refractivity contribution in [3.63, 3.8) is 0 Å². The number of carboxylic acid groups (broad SMARTS) is 1. The number of carbonyl (C=O) groups excluding carboxylic acids is 1. The summed E-state index contributed by atoms with van der Waals surface area (Å²) in [7, 11) is 0. The van der Waals surface area contributed by atoms with Crippen molar-refractivity contribution in [2.24, 2.45) is 0 Å². The number of amides is 1. The fraction of sp³-hybridized carbons (Fsp3) is 0.294. The molecular weight excluding hydrogens is 314 g/mol. The van der Waals surface area contributed by atoms with E-state index >= 15 is 0 Å². The molecule has 2 atom stereocenters. The summed E-state index contributed by atoms with van der Waals surface area (Å²) in [4.78, 5) is 24.9. The second-order valence-electron chi connectivity index (χ2n) is 5.43. The van der Waals surface area contributed by atoms with Crippen LogP contribution >= 0.6 is 11.8 Å². The van der Waals surface area contributed by atoms with Crippen LogP contribution in [0.15, 0.2) is 53.3 Å². The Morgan fingerprint density at radius 2 is 2.13 bits per heavy atom. The summed E-state index contributed by atoms with van der Waals surface area (Å²) < 4.78 is 5.06. The summed E-state index contributed by atoms with van der Waals surface area (Å²) in [6.45, 7) is 0. The lowest BCUT2D eigenvalue weighted by molar-refractivity contribution is -0.148. The summed E-state index contributed by atoms with van der Waals surface area (Å²) in [5.41, 5.74) is 1.92. The number of rotatable bonds is 7. The highest BCUT2D eigenvalue weighted by Crippen LogP contribution is 2.40. The molecule has 0 saturated carbocycles. The van der Waals surface area contributed by atoms with E-state index in [1.807, 2.05) is 30.3 Å². The highest BCUT2D eigenvalue weighted by atomic mass is 32.2. The number of thioether (sulfide) groups is 1. The van der Waals surface area contributed by atoms with Crippen LogP contribution in [0.2, 0.25) is 0 Å². The van der Waals surface area contributed by atoms with Gasteiger partial charge in [0.25, 0.3) is 0 Å².